The highest BCUT2D eigenvalue weighted by Crippen LogP contribution is 2.29. The van der Waals surface area contributed by atoms with Crippen molar-refractivity contribution in [1.82, 2.24) is 0 Å². The molecule has 0 amide bonds. The average Bonchev–Trinajstić information content (AvgIpc) is 2.01. The van der Waals surface area contributed by atoms with Gasteiger partial charge >= 0.3 is 0 Å². The molecule has 0 unspecified atom stereocenters. The Morgan fingerprint density at radius 3 is 2.73 bits per heavy atom. The van der Waals surface area contributed by atoms with Crippen LogP contribution < -0.4 is 5.73 Å². The SMILES string of the molecule is CSc1ccc(N)c(Cl)c1F. The van der Waals surface area contributed by atoms with Crippen LogP contribution in [0.1, 0.15) is 0 Å². The van der Waals surface area contributed by atoms with E-state index in [-0.39, 0.29) is 10.7 Å². The number of halogens is 2. The second-order valence-electron chi connectivity index (χ2n) is 1.99. The third-order valence-electron chi connectivity index (χ3n) is 1.30. The Balaban J connectivity index is 3.25. The Hall–Kier alpha value is -0.410. The second kappa shape index (κ2) is 3.32. The van der Waals surface area contributed by atoms with E-state index in [0.717, 1.165) is 0 Å². The lowest BCUT2D eigenvalue weighted by Crippen LogP contribution is -1.90. The van der Waals surface area contributed by atoms with E-state index in [4.69, 9.17) is 17.3 Å². The predicted octanol–water partition coefficient (Wildman–Crippen LogP) is 2.78. The van der Waals surface area contributed by atoms with E-state index in [2.05, 4.69) is 0 Å². The van der Waals surface area contributed by atoms with Crippen LogP contribution in [-0.4, -0.2) is 6.26 Å². The van der Waals surface area contributed by atoms with Crippen molar-refractivity contribution in [3.05, 3.63) is 23.0 Å². The molecule has 0 aliphatic carbocycles. The van der Waals surface area contributed by atoms with Gasteiger partial charge in [0.2, 0.25) is 0 Å². The first kappa shape index (κ1) is 8.68. The molecule has 1 aromatic rings. The quantitative estimate of drug-likeness (QED) is 0.546. The third kappa shape index (κ3) is 1.60. The molecule has 0 aliphatic rings. The largest absolute Gasteiger partial charge is 0.397 e. The molecule has 1 rings (SSSR count). The Morgan fingerprint density at radius 2 is 2.18 bits per heavy atom. The number of hydrogen-bond donors (Lipinski definition) is 1. The molecule has 0 heterocycles. The first-order valence-corrected chi connectivity index (χ1v) is 4.54. The molecule has 0 aliphatic heterocycles. The minimum absolute atomic E-state index is 0.0110. The summed E-state index contributed by atoms with van der Waals surface area (Å²) in [5.74, 6) is -0.431. The summed E-state index contributed by atoms with van der Waals surface area (Å²) in [7, 11) is 0. The maximum absolute atomic E-state index is 13.0. The summed E-state index contributed by atoms with van der Waals surface area (Å²) in [5.41, 5.74) is 5.64. The molecule has 0 saturated heterocycles. The van der Waals surface area contributed by atoms with Crippen LogP contribution in [0.3, 0.4) is 0 Å². The van der Waals surface area contributed by atoms with Crippen LogP contribution in [0.4, 0.5) is 10.1 Å². The first-order chi connectivity index (χ1) is 5.16. The number of nitrogen functional groups attached to an aromatic ring is 1. The van der Waals surface area contributed by atoms with Gasteiger partial charge in [0.05, 0.1) is 5.69 Å². The van der Waals surface area contributed by atoms with Gasteiger partial charge in [0.1, 0.15) is 5.02 Å². The van der Waals surface area contributed by atoms with Gasteiger partial charge in [-0.1, -0.05) is 11.6 Å². The van der Waals surface area contributed by atoms with E-state index < -0.39 is 5.82 Å². The molecule has 0 spiro atoms. The van der Waals surface area contributed by atoms with Crippen molar-refractivity contribution in [3.63, 3.8) is 0 Å². The van der Waals surface area contributed by atoms with Crippen molar-refractivity contribution in [2.75, 3.05) is 12.0 Å². The number of rotatable bonds is 1. The topological polar surface area (TPSA) is 26.0 Å². The van der Waals surface area contributed by atoms with Crippen LogP contribution in [0.15, 0.2) is 17.0 Å². The molecule has 60 valence electrons. The molecule has 0 saturated carbocycles. The van der Waals surface area contributed by atoms with Gasteiger partial charge in [-0.3, -0.25) is 0 Å². The van der Waals surface area contributed by atoms with E-state index in [1.807, 2.05) is 0 Å². The Labute approximate surface area is 73.7 Å². The minimum Gasteiger partial charge on any atom is -0.397 e. The Morgan fingerprint density at radius 1 is 1.55 bits per heavy atom. The fraction of sp³-hybridized carbons (Fsp3) is 0.143. The van der Waals surface area contributed by atoms with Crippen molar-refractivity contribution >= 4 is 29.1 Å². The van der Waals surface area contributed by atoms with E-state index >= 15 is 0 Å². The van der Waals surface area contributed by atoms with E-state index in [0.29, 0.717) is 4.90 Å². The Bertz CT molecular complexity index is 277. The van der Waals surface area contributed by atoms with Crippen LogP contribution in [0.25, 0.3) is 0 Å². The van der Waals surface area contributed by atoms with Gasteiger partial charge in [-0.05, 0) is 18.4 Å². The standard InChI is InChI=1S/C7H7ClFNS/c1-11-5-3-2-4(10)6(8)7(5)9/h2-3H,10H2,1H3. The lowest BCUT2D eigenvalue weighted by Gasteiger charge is -2.02. The van der Waals surface area contributed by atoms with Crippen LogP contribution in [0, 0.1) is 5.82 Å². The van der Waals surface area contributed by atoms with E-state index in [1.54, 1.807) is 18.4 Å². The maximum atomic E-state index is 13.0. The molecule has 0 fully saturated rings. The van der Waals surface area contributed by atoms with Gasteiger partial charge in [0.15, 0.2) is 5.82 Å². The number of nitrogens with two attached hydrogens (primary N) is 1. The molecule has 0 bridgehead atoms. The van der Waals surface area contributed by atoms with Crippen molar-refractivity contribution in [1.29, 1.82) is 0 Å². The van der Waals surface area contributed by atoms with Crippen molar-refractivity contribution < 1.29 is 4.39 Å². The molecule has 0 radical (unpaired) electrons. The van der Waals surface area contributed by atoms with Gasteiger partial charge in [-0.25, -0.2) is 4.39 Å². The zero-order valence-corrected chi connectivity index (χ0v) is 7.47. The summed E-state index contributed by atoms with van der Waals surface area (Å²) < 4.78 is 13.0. The molecule has 0 atom stereocenters. The van der Waals surface area contributed by atoms with Crippen LogP contribution >= 0.6 is 23.4 Å². The van der Waals surface area contributed by atoms with Crippen LogP contribution in [0.2, 0.25) is 5.02 Å². The highest BCUT2D eigenvalue weighted by Gasteiger charge is 2.07. The molecule has 4 heteroatoms. The first-order valence-electron chi connectivity index (χ1n) is 2.94. The zero-order valence-electron chi connectivity index (χ0n) is 5.90. The number of hydrogen-bond acceptors (Lipinski definition) is 2. The fourth-order valence-corrected chi connectivity index (χ4v) is 1.41. The predicted molar refractivity (Wildman–Crippen MR) is 47.6 cm³/mol. The van der Waals surface area contributed by atoms with Crippen molar-refractivity contribution in [2.45, 2.75) is 4.90 Å². The van der Waals surface area contributed by atoms with E-state index in [9.17, 15) is 4.39 Å². The molecule has 2 N–H and O–H groups in total. The average molecular weight is 192 g/mol. The maximum Gasteiger partial charge on any atom is 0.157 e. The monoisotopic (exact) mass is 191 g/mol. The summed E-state index contributed by atoms with van der Waals surface area (Å²) in [6.07, 6.45) is 1.78. The van der Waals surface area contributed by atoms with Crippen molar-refractivity contribution in [3.8, 4) is 0 Å². The highest BCUT2D eigenvalue weighted by atomic mass is 35.5. The summed E-state index contributed by atoms with van der Waals surface area (Å²) in [6, 6.07) is 3.21. The number of benzene rings is 1. The normalized spacial score (nSPS) is 10.1. The summed E-state index contributed by atoms with van der Waals surface area (Å²) in [5, 5.41) is 0.0110. The number of thioether (sulfide) groups is 1. The van der Waals surface area contributed by atoms with Gasteiger partial charge in [0.25, 0.3) is 0 Å². The molecule has 1 nitrogen and oxygen atoms in total. The molecule has 0 aromatic heterocycles. The lowest BCUT2D eigenvalue weighted by molar-refractivity contribution is 0.603. The minimum atomic E-state index is -0.431. The molecular formula is C7H7ClFNS. The summed E-state index contributed by atoms with van der Waals surface area (Å²) in [6.45, 7) is 0. The molecule has 1 aromatic carbocycles. The van der Waals surface area contributed by atoms with Gasteiger partial charge in [0, 0.05) is 4.90 Å². The summed E-state index contributed by atoms with van der Waals surface area (Å²) >= 11 is 6.85. The number of anilines is 1. The third-order valence-corrected chi connectivity index (χ3v) is 2.44. The van der Waals surface area contributed by atoms with Crippen molar-refractivity contribution in [2.24, 2.45) is 0 Å². The second-order valence-corrected chi connectivity index (χ2v) is 3.21. The smallest absolute Gasteiger partial charge is 0.157 e. The Kier molecular flexibility index (Phi) is 2.62. The van der Waals surface area contributed by atoms with E-state index in [1.165, 1.54) is 11.8 Å². The lowest BCUT2D eigenvalue weighted by atomic mass is 10.3. The van der Waals surface area contributed by atoms with Gasteiger partial charge in [-0.2, -0.15) is 0 Å². The van der Waals surface area contributed by atoms with Crippen LogP contribution in [-0.2, 0) is 0 Å². The van der Waals surface area contributed by atoms with Gasteiger partial charge in [-0.15, -0.1) is 11.8 Å². The molecular weight excluding hydrogens is 185 g/mol. The molecule has 11 heavy (non-hydrogen) atoms. The summed E-state index contributed by atoms with van der Waals surface area (Å²) in [4.78, 5) is 0.518. The zero-order chi connectivity index (χ0) is 8.43. The van der Waals surface area contributed by atoms with Gasteiger partial charge < -0.3 is 5.73 Å². The highest BCUT2D eigenvalue weighted by molar-refractivity contribution is 7.98. The van der Waals surface area contributed by atoms with Crippen LogP contribution in [0.5, 0.6) is 0 Å². The fourth-order valence-electron chi connectivity index (χ4n) is 0.704.